The summed E-state index contributed by atoms with van der Waals surface area (Å²) in [7, 11) is 1.84. The van der Waals surface area contributed by atoms with Gasteiger partial charge in [-0.15, -0.1) is 0 Å². The van der Waals surface area contributed by atoms with Crippen LogP contribution in [0.15, 0.2) is 42.9 Å². The largest absolute Gasteiger partial charge is 0.387 e. The van der Waals surface area contributed by atoms with Gasteiger partial charge in [-0.25, -0.2) is 9.97 Å². The Kier molecular flexibility index (Phi) is 4.27. The zero-order valence-corrected chi connectivity index (χ0v) is 13.2. The Morgan fingerprint density at radius 3 is 2.83 bits per heavy atom. The molecule has 0 fully saturated rings. The molecule has 1 atom stereocenters. The third-order valence-corrected chi connectivity index (χ3v) is 3.78. The number of carbonyl (C=O) groups excluding carboxylic acids is 1. The van der Waals surface area contributed by atoms with E-state index in [9.17, 15) is 9.90 Å². The predicted octanol–water partition coefficient (Wildman–Crippen LogP) is 2.09. The second kappa shape index (κ2) is 6.36. The lowest BCUT2D eigenvalue weighted by Crippen LogP contribution is -2.28. The Bertz CT molecular complexity index is 845. The molecule has 3 aromatic rings. The fraction of sp³-hybridized carbons (Fsp3) is 0.188. The van der Waals surface area contributed by atoms with Crippen LogP contribution in [0, 0.1) is 0 Å². The molecule has 0 radical (unpaired) electrons. The van der Waals surface area contributed by atoms with Gasteiger partial charge >= 0.3 is 0 Å². The van der Waals surface area contributed by atoms with Crippen LogP contribution < -0.4 is 5.32 Å². The van der Waals surface area contributed by atoms with Gasteiger partial charge in [-0.1, -0.05) is 23.7 Å². The first-order valence-electron chi connectivity index (χ1n) is 7.03. The van der Waals surface area contributed by atoms with Crippen LogP contribution in [0.4, 0.5) is 0 Å². The molecular weight excluding hydrogens is 316 g/mol. The summed E-state index contributed by atoms with van der Waals surface area (Å²) in [5, 5.41) is 13.4. The Balaban J connectivity index is 1.67. The molecule has 1 amide bonds. The molecule has 1 aromatic carbocycles. The summed E-state index contributed by atoms with van der Waals surface area (Å²) in [4.78, 5) is 20.6. The smallest absolute Gasteiger partial charge is 0.253 e. The van der Waals surface area contributed by atoms with Crippen molar-refractivity contribution in [3.05, 3.63) is 59.0 Å². The number of imidazole rings is 1. The van der Waals surface area contributed by atoms with E-state index in [2.05, 4.69) is 15.3 Å². The van der Waals surface area contributed by atoms with Crippen molar-refractivity contribution in [2.24, 2.45) is 7.05 Å². The number of pyridine rings is 1. The van der Waals surface area contributed by atoms with Crippen molar-refractivity contribution in [2.75, 3.05) is 6.54 Å². The summed E-state index contributed by atoms with van der Waals surface area (Å²) in [6.07, 6.45) is 2.33. The number of aromatic nitrogens is 3. The molecule has 7 heteroatoms. The number of nitrogens with zero attached hydrogens (tertiary/aromatic N) is 3. The van der Waals surface area contributed by atoms with Gasteiger partial charge in [0.15, 0.2) is 5.65 Å². The van der Waals surface area contributed by atoms with Crippen LogP contribution in [0.2, 0.25) is 5.02 Å². The number of aliphatic hydroxyl groups is 1. The molecule has 0 aliphatic heterocycles. The fourth-order valence-electron chi connectivity index (χ4n) is 2.23. The van der Waals surface area contributed by atoms with Gasteiger partial charge in [0, 0.05) is 24.8 Å². The number of hydrogen-bond acceptors (Lipinski definition) is 4. The van der Waals surface area contributed by atoms with E-state index in [1.54, 1.807) is 41.2 Å². The monoisotopic (exact) mass is 330 g/mol. The number of halogens is 1. The van der Waals surface area contributed by atoms with Crippen LogP contribution in [0.5, 0.6) is 0 Å². The molecule has 0 spiro atoms. The van der Waals surface area contributed by atoms with E-state index in [0.717, 1.165) is 0 Å². The molecule has 23 heavy (non-hydrogen) atoms. The van der Waals surface area contributed by atoms with Gasteiger partial charge in [0.2, 0.25) is 0 Å². The second-order valence-electron chi connectivity index (χ2n) is 5.20. The molecule has 118 valence electrons. The third kappa shape index (κ3) is 3.33. The predicted molar refractivity (Wildman–Crippen MR) is 87.3 cm³/mol. The van der Waals surface area contributed by atoms with Crippen molar-refractivity contribution in [1.29, 1.82) is 0 Å². The molecule has 0 saturated heterocycles. The summed E-state index contributed by atoms with van der Waals surface area (Å²) in [6.45, 7) is 0.0979. The van der Waals surface area contributed by atoms with Crippen LogP contribution in [0.25, 0.3) is 11.2 Å². The number of amides is 1. The van der Waals surface area contributed by atoms with Crippen LogP contribution in [0.3, 0.4) is 0 Å². The first-order valence-corrected chi connectivity index (χ1v) is 7.41. The first-order chi connectivity index (χ1) is 11.0. The number of aliphatic hydroxyl groups excluding tert-OH is 1. The molecule has 0 aliphatic carbocycles. The van der Waals surface area contributed by atoms with Crippen molar-refractivity contribution in [3.63, 3.8) is 0 Å². The Labute approximate surface area is 137 Å². The van der Waals surface area contributed by atoms with Crippen molar-refractivity contribution < 1.29 is 9.90 Å². The van der Waals surface area contributed by atoms with Gasteiger partial charge in [0.1, 0.15) is 5.52 Å². The van der Waals surface area contributed by atoms with Gasteiger partial charge in [0.25, 0.3) is 5.91 Å². The molecular formula is C16H15ClN4O2. The minimum Gasteiger partial charge on any atom is -0.387 e. The maximum Gasteiger partial charge on any atom is 0.253 e. The summed E-state index contributed by atoms with van der Waals surface area (Å²) < 4.78 is 1.78. The zero-order chi connectivity index (χ0) is 16.4. The van der Waals surface area contributed by atoms with Crippen LogP contribution in [-0.2, 0) is 7.05 Å². The van der Waals surface area contributed by atoms with Crippen molar-refractivity contribution in [1.82, 2.24) is 19.9 Å². The van der Waals surface area contributed by atoms with E-state index in [-0.39, 0.29) is 12.5 Å². The average Bonchev–Trinajstić information content (AvgIpc) is 2.93. The molecule has 2 heterocycles. The maximum absolute atomic E-state index is 12.2. The van der Waals surface area contributed by atoms with Gasteiger partial charge in [-0.05, 0) is 23.8 Å². The lowest BCUT2D eigenvalue weighted by atomic mass is 10.1. The van der Waals surface area contributed by atoms with Crippen molar-refractivity contribution in [2.45, 2.75) is 6.10 Å². The van der Waals surface area contributed by atoms with Crippen LogP contribution >= 0.6 is 11.6 Å². The highest BCUT2D eigenvalue weighted by Gasteiger charge is 2.12. The summed E-state index contributed by atoms with van der Waals surface area (Å²) in [6, 6.07) is 8.51. The molecule has 0 bridgehead atoms. The highest BCUT2D eigenvalue weighted by Crippen LogP contribution is 2.16. The number of fused-ring (bicyclic) bond motifs is 1. The Hall–Kier alpha value is -2.44. The lowest BCUT2D eigenvalue weighted by Gasteiger charge is -2.12. The normalized spacial score (nSPS) is 12.3. The number of aryl methyl sites for hydroxylation is 1. The zero-order valence-electron chi connectivity index (χ0n) is 12.4. The number of hydrogen-bond donors (Lipinski definition) is 2. The summed E-state index contributed by atoms with van der Waals surface area (Å²) >= 11 is 5.81. The molecule has 0 aliphatic rings. The van der Waals surface area contributed by atoms with Crippen molar-refractivity contribution in [3.8, 4) is 0 Å². The molecule has 6 nitrogen and oxygen atoms in total. The van der Waals surface area contributed by atoms with Gasteiger partial charge in [-0.2, -0.15) is 0 Å². The first kappa shape index (κ1) is 15.5. The van der Waals surface area contributed by atoms with Crippen molar-refractivity contribution >= 4 is 28.7 Å². The molecule has 1 unspecified atom stereocenters. The maximum atomic E-state index is 12.2. The average molecular weight is 331 g/mol. The molecule has 0 saturated carbocycles. The van der Waals surface area contributed by atoms with E-state index in [4.69, 9.17) is 11.6 Å². The second-order valence-corrected chi connectivity index (χ2v) is 5.64. The number of rotatable bonds is 4. The van der Waals surface area contributed by atoms with Gasteiger partial charge in [-0.3, -0.25) is 4.79 Å². The van der Waals surface area contributed by atoms with E-state index in [1.165, 1.54) is 6.20 Å². The molecule has 2 aromatic heterocycles. The Morgan fingerprint density at radius 2 is 2.09 bits per heavy atom. The quantitative estimate of drug-likeness (QED) is 0.767. The van der Waals surface area contributed by atoms with Crippen LogP contribution in [0.1, 0.15) is 22.0 Å². The van der Waals surface area contributed by atoms with Crippen LogP contribution in [-0.4, -0.2) is 32.1 Å². The van der Waals surface area contributed by atoms with E-state index in [0.29, 0.717) is 27.3 Å². The molecule has 3 rings (SSSR count). The highest BCUT2D eigenvalue weighted by atomic mass is 35.5. The summed E-state index contributed by atoms with van der Waals surface area (Å²) in [5.74, 6) is -0.307. The van der Waals surface area contributed by atoms with Gasteiger partial charge < -0.3 is 15.0 Å². The highest BCUT2D eigenvalue weighted by molar-refractivity contribution is 6.30. The van der Waals surface area contributed by atoms with E-state index < -0.39 is 6.10 Å². The number of benzene rings is 1. The lowest BCUT2D eigenvalue weighted by molar-refractivity contribution is 0.0916. The number of nitrogens with one attached hydrogen (secondary N) is 1. The fourth-order valence-corrected chi connectivity index (χ4v) is 2.36. The Morgan fingerprint density at radius 1 is 1.35 bits per heavy atom. The topological polar surface area (TPSA) is 80.0 Å². The van der Waals surface area contributed by atoms with E-state index >= 15 is 0 Å². The SMILES string of the molecule is Cn1cnc2cc(C(=O)NCC(O)c3ccc(Cl)cc3)cnc21. The number of carbonyl (C=O) groups is 1. The minimum atomic E-state index is -0.803. The third-order valence-electron chi connectivity index (χ3n) is 3.52. The molecule has 2 N–H and O–H groups in total. The summed E-state index contributed by atoms with van der Waals surface area (Å²) in [5.41, 5.74) is 2.45. The standard InChI is InChI=1S/C16H15ClN4O2/c1-21-9-20-13-6-11(7-18-15(13)21)16(23)19-8-14(22)10-2-4-12(17)5-3-10/h2-7,9,14,22H,8H2,1H3,(H,19,23). The van der Waals surface area contributed by atoms with Gasteiger partial charge in [0.05, 0.1) is 18.0 Å². The van der Waals surface area contributed by atoms with E-state index in [1.807, 2.05) is 7.05 Å². The minimum absolute atomic E-state index is 0.0979.